The zero-order chi connectivity index (χ0) is 29.5. The molecule has 3 heterocycles. The molecule has 3 aromatic carbocycles. The smallest absolute Gasteiger partial charge is 0.301 e. The molecule has 2 aliphatic rings. The molecule has 0 saturated carbocycles. The highest BCUT2D eigenvalue weighted by molar-refractivity contribution is 8.00. The van der Waals surface area contributed by atoms with Crippen LogP contribution in [0.1, 0.15) is 66.1 Å². The minimum absolute atomic E-state index is 0.0354. The molecule has 0 bridgehead atoms. The minimum Gasteiger partial charge on any atom is -0.507 e. The molecule has 0 spiro atoms. The van der Waals surface area contributed by atoms with Crippen molar-refractivity contribution >= 4 is 45.7 Å². The number of aliphatic hydroxyl groups is 1. The summed E-state index contributed by atoms with van der Waals surface area (Å²) in [5.41, 5.74) is 5.66. The van der Waals surface area contributed by atoms with Crippen LogP contribution in [0.25, 0.3) is 5.76 Å². The lowest BCUT2D eigenvalue weighted by Crippen LogP contribution is -2.29. The maximum Gasteiger partial charge on any atom is 0.301 e. The SMILES string of the molecule is Cc1ccc(CSc2nnc(N3C(=O)C(=O)/C(=C(/O)c4ccc5c(c4)CC(C)O5)C3c3ccc(C(C)C)cc3)s2)cc1. The Morgan fingerprint density at radius 3 is 2.52 bits per heavy atom. The van der Waals surface area contributed by atoms with Gasteiger partial charge in [-0.15, -0.1) is 10.2 Å². The van der Waals surface area contributed by atoms with Crippen molar-refractivity contribution in [2.24, 2.45) is 0 Å². The summed E-state index contributed by atoms with van der Waals surface area (Å²) in [6, 6.07) is 20.6. The van der Waals surface area contributed by atoms with Crippen LogP contribution in [0.4, 0.5) is 5.13 Å². The monoisotopic (exact) mass is 597 g/mol. The number of hydrogen-bond acceptors (Lipinski definition) is 8. The number of aryl methyl sites for hydroxylation is 1. The summed E-state index contributed by atoms with van der Waals surface area (Å²) in [4.78, 5) is 28.6. The average molecular weight is 598 g/mol. The summed E-state index contributed by atoms with van der Waals surface area (Å²) in [6.45, 7) is 8.25. The second-order valence-corrected chi connectivity index (χ2v) is 13.2. The maximum atomic E-state index is 13.6. The topological polar surface area (TPSA) is 92.6 Å². The van der Waals surface area contributed by atoms with Gasteiger partial charge in [0, 0.05) is 17.7 Å². The number of carbonyl (C=O) groups excluding carboxylic acids is 2. The van der Waals surface area contributed by atoms with Gasteiger partial charge in [0.1, 0.15) is 17.6 Å². The molecule has 42 heavy (non-hydrogen) atoms. The van der Waals surface area contributed by atoms with Gasteiger partial charge in [-0.1, -0.05) is 91.0 Å². The van der Waals surface area contributed by atoms with E-state index in [1.165, 1.54) is 33.6 Å². The Bertz CT molecular complexity index is 1690. The van der Waals surface area contributed by atoms with Crippen LogP contribution < -0.4 is 9.64 Å². The molecule has 1 fully saturated rings. The molecule has 1 saturated heterocycles. The molecular weight excluding hydrogens is 567 g/mol. The lowest BCUT2D eigenvalue weighted by Gasteiger charge is -2.23. The van der Waals surface area contributed by atoms with Gasteiger partial charge in [0.05, 0.1) is 11.6 Å². The van der Waals surface area contributed by atoms with Crippen molar-refractivity contribution in [2.75, 3.05) is 4.90 Å². The number of anilines is 1. The lowest BCUT2D eigenvalue weighted by molar-refractivity contribution is -0.132. The number of aliphatic hydroxyl groups excluding tert-OH is 1. The van der Waals surface area contributed by atoms with E-state index >= 15 is 0 Å². The molecule has 1 N–H and O–H groups in total. The molecule has 0 aliphatic carbocycles. The van der Waals surface area contributed by atoms with E-state index in [0.717, 1.165) is 22.4 Å². The van der Waals surface area contributed by atoms with Crippen LogP contribution >= 0.6 is 23.1 Å². The Morgan fingerprint density at radius 2 is 1.81 bits per heavy atom. The second kappa shape index (κ2) is 11.4. The van der Waals surface area contributed by atoms with Crippen molar-refractivity contribution in [3.63, 3.8) is 0 Å². The third-order valence-electron chi connectivity index (χ3n) is 7.62. The highest BCUT2D eigenvalue weighted by Crippen LogP contribution is 2.45. The summed E-state index contributed by atoms with van der Waals surface area (Å²) < 4.78 is 6.50. The quantitative estimate of drug-likeness (QED) is 0.0791. The van der Waals surface area contributed by atoms with Crippen LogP contribution in [0.3, 0.4) is 0 Å². The highest BCUT2D eigenvalue weighted by Gasteiger charge is 2.48. The second-order valence-electron chi connectivity index (χ2n) is 11.1. The van der Waals surface area contributed by atoms with Crippen molar-refractivity contribution < 1.29 is 19.4 Å². The molecule has 7 nitrogen and oxygen atoms in total. The fraction of sp³-hybridized carbons (Fsp3) is 0.273. The van der Waals surface area contributed by atoms with E-state index in [4.69, 9.17) is 4.74 Å². The van der Waals surface area contributed by atoms with Gasteiger partial charge in [0.2, 0.25) is 5.13 Å². The number of rotatable bonds is 7. The number of fused-ring (bicyclic) bond motifs is 1. The summed E-state index contributed by atoms with van der Waals surface area (Å²) in [6.07, 6.45) is 0.747. The Labute approximate surface area is 253 Å². The van der Waals surface area contributed by atoms with Crippen molar-refractivity contribution in [3.05, 3.63) is 106 Å². The predicted octanol–water partition coefficient (Wildman–Crippen LogP) is 7.21. The molecule has 6 rings (SSSR count). The van der Waals surface area contributed by atoms with Gasteiger partial charge in [-0.2, -0.15) is 0 Å². The van der Waals surface area contributed by atoms with Crippen molar-refractivity contribution in [1.82, 2.24) is 10.2 Å². The normalized spacial score (nSPS) is 19.4. The van der Waals surface area contributed by atoms with Crippen molar-refractivity contribution in [3.8, 4) is 5.75 Å². The molecule has 4 aromatic rings. The Hall–Kier alpha value is -3.95. The van der Waals surface area contributed by atoms with Crippen molar-refractivity contribution in [2.45, 2.75) is 62.3 Å². The van der Waals surface area contributed by atoms with E-state index in [1.54, 1.807) is 12.1 Å². The molecular formula is C33H31N3O4S2. The number of hydrogen-bond donors (Lipinski definition) is 1. The fourth-order valence-corrected chi connectivity index (χ4v) is 7.14. The van der Waals surface area contributed by atoms with Crippen LogP contribution in [0, 0.1) is 6.92 Å². The number of benzene rings is 3. The summed E-state index contributed by atoms with van der Waals surface area (Å²) >= 11 is 2.79. The first-order chi connectivity index (χ1) is 20.2. The van der Waals surface area contributed by atoms with Crippen LogP contribution in [0.15, 0.2) is 76.6 Å². The highest BCUT2D eigenvalue weighted by atomic mass is 32.2. The first-order valence-corrected chi connectivity index (χ1v) is 15.7. The van der Waals surface area contributed by atoms with E-state index in [2.05, 4.69) is 55.2 Å². The standard InChI is InChI=1S/C33H31N3O4S2/c1-18(2)22-9-11-23(12-10-22)28-27(29(37)24-13-14-26-25(16-24)15-20(4)40-26)30(38)31(39)36(28)32-34-35-33(42-32)41-17-21-7-5-19(3)6-8-21/h5-14,16,18,20,28,37H,15,17H2,1-4H3/b29-27+. The average Bonchev–Trinajstić information content (AvgIpc) is 3.67. The van der Waals surface area contributed by atoms with Crippen LogP contribution in [-0.2, 0) is 21.8 Å². The number of amides is 1. The number of nitrogens with zero attached hydrogens (tertiary/aromatic N) is 3. The molecule has 2 aliphatic heterocycles. The van der Waals surface area contributed by atoms with Gasteiger partial charge in [-0.3, -0.25) is 14.5 Å². The molecule has 1 aromatic heterocycles. The van der Waals surface area contributed by atoms with Crippen LogP contribution in [-0.4, -0.2) is 33.1 Å². The first-order valence-electron chi connectivity index (χ1n) is 13.9. The van der Waals surface area contributed by atoms with Crippen molar-refractivity contribution in [1.29, 1.82) is 0 Å². The molecule has 0 radical (unpaired) electrons. The van der Waals surface area contributed by atoms with Gasteiger partial charge in [-0.05, 0) is 60.2 Å². The summed E-state index contributed by atoms with van der Waals surface area (Å²) in [5, 5.41) is 20.6. The lowest BCUT2D eigenvalue weighted by atomic mass is 9.93. The van der Waals surface area contributed by atoms with Gasteiger partial charge in [0.15, 0.2) is 4.34 Å². The molecule has 2 atom stereocenters. The van der Waals surface area contributed by atoms with E-state index in [0.29, 0.717) is 38.7 Å². The zero-order valence-corrected chi connectivity index (χ0v) is 25.5. The zero-order valence-electron chi connectivity index (χ0n) is 23.8. The number of ether oxygens (including phenoxy) is 1. The van der Waals surface area contributed by atoms with E-state index in [9.17, 15) is 14.7 Å². The van der Waals surface area contributed by atoms with E-state index in [-0.39, 0.29) is 17.4 Å². The Morgan fingerprint density at radius 1 is 1.07 bits per heavy atom. The number of carbonyl (C=O) groups is 2. The third-order valence-corrected chi connectivity index (χ3v) is 9.74. The Balaban J connectivity index is 1.39. The van der Waals surface area contributed by atoms with Gasteiger partial charge in [0.25, 0.3) is 5.78 Å². The fourth-order valence-electron chi connectivity index (χ4n) is 5.32. The summed E-state index contributed by atoms with van der Waals surface area (Å²) in [5.74, 6) is 0.0877. The predicted molar refractivity (Wildman–Crippen MR) is 166 cm³/mol. The van der Waals surface area contributed by atoms with Crippen LogP contribution in [0.2, 0.25) is 0 Å². The molecule has 2 unspecified atom stereocenters. The summed E-state index contributed by atoms with van der Waals surface area (Å²) in [7, 11) is 0. The maximum absolute atomic E-state index is 13.6. The van der Waals surface area contributed by atoms with E-state index in [1.807, 2.05) is 37.3 Å². The molecule has 9 heteroatoms. The Kier molecular flexibility index (Phi) is 7.64. The van der Waals surface area contributed by atoms with Gasteiger partial charge in [-0.25, -0.2) is 0 Å². The number of aromatic nitrogens is 2. The van der Waals surface area contributed by atoms with E-state index < -0.39 is 17.7 Å². The molecule has 1 amide bonds. The van der Waals surface area contributed by atoms with Crippen LogP contribution in [0.5, 0.6) is 5.75 Å². The number of Topliss-reactive ketones (excluding diaryl/α,β-unsaturated/α-hetero) is 1. The van der Waals surface area contributed by atoms with Gasteiger partial charge < -0.3 is 9.84 Å². The minimum atomic E-state index is -0.850. The van der Waals surface area contributed by atoms with Gasteiger partial charge >= 0.3 is 5.91 Å². The first kappa shape index (κ1) is 28.2. The largest absolute Gasteiger partial charge is 0.507 e. The third kappa shape index (κ3) is 5.34. The number of ketones is 1. The number of thioether (sulfide) groups is 1. The molecule has 214 valence electrons.